The van der Waals surface area contributed by atoms with Gasteiger partial charge in [0.25, 0.3) is 0 Å². The molecule has 0 unspecified atom stereocenters. The van der Waals surface area contributed by atoms with Gasteiger partial charge in [-0.2, -0.15) is 0 Å². The van der Waals surface area contributed by atoms with E-state index >= 15 is 0 Å². The lowest BCUT2D eigenvalue weighted by Gasteiger charge is -1.99. The van der Waals surface area contributed by atoms with Crippen molar-refractivity contribution in [3.63, 3.8) is 0 Å². The SMILES string of the molecule is Cc1ncc(C)n(O)c1=O. The van der Waals surface area contributed by atoms with E-state index in [2.05, 4.69) is 4.98 Å². The van der Waals surface area contributed by atoms with Crippen molar-refractivity contribution in [2.45, 2.75) is 13.8 Å². The maximum absolute atomic E-state index is 10.8. The summed E-state index contributed by atoms with van der Waals surface area (Å²) in [5.41, 5.74) is 0.281. The summed E-state index contributed by atoms with van der Waals surface area (Å²) in [6.07, 6.45) is 1.44. The zero-order valence-corrected chi connectivity index (χ0v) is 5.83. The highest BCUT2D eigenvalue weighted by atomic mass is 16.5. The fourth-order valence-corrected chi connectivity index (χ4v) is 0.614. The molecule has 1 N–H and O–H groups in total. The lowest BCUT2D eigenvalue weighted by Crippen LogP contribution is -2.22. The maximum atomic E-state index is 10.8. The first kappa shape index (κ1) is 6.80. The van der Waals surface area contributed by atoms with Gasteiger partial charge >= 0.3 is 5.56 Å². The van der Waals surface area contributed by atoms with E-state index in [1.165, 1.54) is 6.20 Å². The fraction of sp³-hybridized carbons (Fsp3) is 0.333. The predicted octanol–water partition coefficient (Wildman–Crippen LogP) is 0.0974. The monoisotopic (exact) mass is 140 g/mol. The van der Waals surface area contributed by atoms with Crippen molar-refractivity contribution >= 4 is 0 Å². The Morgan fingerprint density at radius 1 is 1.60 bits per heavy atom. The third-order valence-electron chi connectivity index (χ3n) is 1.28. The number of hydrogen-bond donors (Lipinski definition) is 1. The van der Waals surface area contributed by atoms with Gasteiger partial charge in [0.15, 0.2) is 0 Å². The van der Waals surface area contributed by atoms with Crippen molar-refractivity contribution in [2.75, 3.05) is 0 Å². The molecule has 0 fully saturated rings. The number of aryl methyl sites for hydroxylation is 2. The van der Waals surface area contributed by atoms with Gasteiger partial charge in [-0.05, 0) is 13.8 Å². The highest BCUT2D eigenvalue weighted by Crippen LogP contribution is 1.87. The molecule has 4 nitrogen and oxygen atoms in total. The van der Waals surface area contributed by atoms with Crippen LogP contribution in [-0.4, -0.2) is 14.9 Å². The molecule has 10 heavy (non-hydrogen) atoms. The Labute approximate surface area is 57.7 Å². The van der Waals surface area contributed by atoms with Crippen LogP contribution in [0.1, 0.15) is 11.4 Å². The summed E-state index contributed by atoms with van der Waals surface area (Å²) in [5, 5.41) is 8.95. The number of aromatic nitrogens is 2. The lowest BCUT2D eigenvalue weighted by molar-refractivity contribution is 0.166. The van der Waals surface area contributed by atoms with Gasteiger partial charge in [0.1, 0.15) is 5.69 Å². The average Bonchev–Trinajstić information content (AvgIpc) is 1.93. The van der Waals surface area contributed by atoms with Crippen molar-refractivity contribution in [2.24, 2.45) is 0 Å². The second-order valence-corrected chi connectivity index (χ2v) is 2.10. The third-order valence-corrected chi connectivity index (χ3v) is 1.28. The molecule has 1 rings (SSSR count). The van der Waals surface area contributed by atoms with Crippen LogP contribution in [0.25, 0.3) is 0 Å². The molecule has 1 heterocycles. The Bertz CT molecular complexity index is 303. The van der Waals surface area contributed by atoms with E-state index in [0.29, 0.717) is 16.1 Å². The molecule has 0 spiro atoms. The second kappa shape index (κ2) is 2.13. The average molecular weight is 140 g/mol. The molecule has 0 aliphatic heterocycles. The molecule has 0 aliphatic carbocycles. The summed E-state index contributed by atoms with van der Waals surface area (Å²) in [6, 6.07) is 0. The summed E-state index contributed by atoms with van der Waals surface area (Å²) in [4.78, 5) is 14.6. The van der Waals surface area contributed by atoms with E-state index in [9.17, 15) is 4.79 Å². The minimum atomic E-state index is -0.458. The molecule has 0 atom stereocenters. The van der Waals surface area contributed by atoms with Crippen molar-refractivity contribution < 1.29 is 5.21 Å². The molecular formula is C6H8N2O2. The Morgan fingerprint density at radius 3 is 2.70 bits per heavy atom. The normalized spacial score (nSPS) is 9.80. The van der Waals surface area contributed by atoms with Crippen molar-refractivity contribution in [3.05, 3.63) is 27.9 Å². The van der Waals surface area contributed by atoms with Crippen LogP contribution in [-0.2, 0) is 0 Å². The molecule has 54 valence electrons. The van der Waals surface area contributed by atoms with Crippen molar-refractivity contribution in [1.29, 1.82) is 0 Å². The standard InChI is InChI=1S/C6H8N2O2/c1-4-3-7-5(2)6(9)8(4)10/h3,10H,1-2H3. The largest absolute Gasteiger partial charge is 0.425 e. The van der Waals surface area contributed by atoms with Crippen LogP contribution in [0.2, 0.25) is 0 Å². The maximum Gasteiger partial charge on any atom is 0.304 e. The van der Waals surface area contributed by atoms with E-state index in [4.69, 9.17) is 5.21 Å². The topological polar surface area (TPSA) is 55.1 Å². The summed E-state index contributed by atoms with van der Waals surface area (Å²) in [6.45, 7) is 3.16. The summed E-state index contributed by atoms with van der Waals surface area (Å²) < 4.78 is 0.586. The van der Waals surface area contributed by atoms with Crippen LogP contribution in [0.4, 0.5) is 0 Å². The highest BCUT2D eigenvalue weighted by molar-refractivity contribution is 5.00. The van der Waals surface area contributed by atoms with Crippen LogP contribution < -0.4 is 5.56 Å². The zero-order chi connectivity index (χ0) is 7.72. The minimum absolute atomic E-state index is 0.299. The van der Waals surface area contributed by atoms with Gasteiger partial charge < -0.3 is 5.21 Å². The Hall–Kier alpha value is -1.32. The minimum Gasteiger partial charge on any atom is -0.425 e. The van der Waals surface area contributed by atoms with Crippen molar-refractivity contribution in [3.8, 4) is 0 Å². The molecule has 0 saturated heterocycles. The lowest BCUT2D eigenvalue weighted by atomic mass is 10.4. The molecule has 0 aliphatic rings. The Balaban J connectivity index is 3.50. The van der Waals surface area contributed by atoms with Gasteiger partial charge in [0.2, 0.25) is 0 Å². The number of hydrogen-bond acceptors (Lipinski definition) is 3. The van der Waals surface area contributed by atoms with E-state index in [0.717, 1.165) is 0 Å². The van der Waals surface area contributed by atoms with E-state index in [1.807, 2.05) is 0 Å². The number of nitrogens with zero attached hydrogens (tertiary/aromatic N) is 2. The molecule has 0 amide bonds. The molecule has 0 aromatic carbocycles. The van der Waals surface area contributed by atoms with Crippen LogP contribution in [0.5, 0.6) is 0 Å². The van der Waals surface area contributed by atoms with Crippen molar-refractivity contribution in [1.82, 2.24) is 9.71 Å². The van der Waals surface area contributed by atoms with Gasteiger partial charge in [-0.3, -0.25) is 9.78 Å². The van der Waals surface area contributed by atoms with Gasteiger partial charge in [0.05, 0.1) is 11.9 Å². The molecule has 0 radical (unpaired) electrons. The zero-order valence-electron chi connectivity index (χ0n) is 5.83. The summed E-state index contributed by atoms with van der Waals surface area (Å²) >= 11 is 0. The molecule has 4 heteroatoms. The predicted molar refractivity (Wildman–Crippen MR) is 35.2 cm³/mol. The van der Waals surface area contributed by atoms with E-state index in [-0.39, 0.29) is 0 Å². The first-order valence-electron chi connectivity index (χ1n) is 2.87. The Kier molecular flexibility index (Phi) is 1.45. The van der Waals surface area contributed by atoms with Gasteiger partial charge in [-0.1, -0.05) is 0 Å². The quantitative estimate of drug-likeness (QED) is 0.520. The summed E-state index contributed by atoms with van der Waals surface area (Å²) in [7, 11) is 0. The van der Waals surface area contributed by atoms with E-state index in [1.54, 1.807) is 13.8 Å². The molecular weight excluding hydrogens is 132 g/mol. The van der Waals surface area contributed by atoms with Gasteiger partial charge in [-0.25, -0.2) is 0 Å². The summed E-state index contributed by atoms with van der Waals surface area (Å²) in [5.74, 6) is 0. The van der Waals surface area contributed by atoms with Crippen LogP contribution >= 0.6 is 0 Å². The third kappa shape index (κ3) is 0.877. The van der Waals surface area contributed by atoms with Crippen LogP contribution in [0.15, 0.2) is 11.0 Å². The van der Waals surface area contributed by atoms with E-state index < -0.39 is 5.56 Å². The van der Waals surface area contributed by atoms with Gasteiger partial charge in [0, 0.05) is 0 Å². The molecule has 0 saturated carbocycles. The first-order valence-corrected chi connectivity index (χ1v) is 2.87. The number of rotatable bonds is 0. The van der Waals surface area contributed by atoms with Crippen LogP contribution in [0.3, 0.4) is 0 Å². The smallest absolute Gasteiger partial charge is 0.304 e. The first-order chi connectivity index (χ1) is 4.63. The molecule has 1 aromatic heterocycles. The van der Waals surface area contributed by atoms with Gasteiger partial charge in [-0.15, -0.1) is 4.73 Å². The molecule has 0 bridgehead atoms. The molecule has 1 aromatic rings. The second-order valence-electron chi connectivity index (χ2n) is 2.10. The highest BCUT2D eigenvalue weighted by Gasteiger charge is 1.99. The Morgan fingerprint density at radius 2 is 2.20 bits per heavy atom. The fourth-order valence-electron chi connectivity index (χ4n) is 0.614. The van der Waals surface area contributed by atoms with Crippen LogP contribution in [0, 0.1) is 13.8 Å².